The van der Waals surface area contributed by atoms with Gasteiger partial charge in [-0.1, -0.05) is 6.07 Å². The van der Waals surface area contributed by atoms with Gasteiger partial charge in [-0.05, 0) is 35.7 Å². The lowest BCUT2D eigenvalue weighted by molar-refractivity contribution is 0.0603. The number of hydrogen-bond acceptors (Lipinski definition) is 5. The van der Waals surface area contributed by atoms with Gasteiger partial charge in [0.15, 0.2) is 0 Å². The summed E-state index contributed by atoms with van der Waals surface area (Å²) in [5, 5.41) is 2.70. The molecule has 106 valence electrons. The summed E-state index contributed by atoms with van der Waals surface area (Å²) < 4.78 is 10.1. The van der Waals surface area contributed by atoms with E-state index in [1.54, 1.807) is 30.6 Å². The van der Waals surface area contributed by atoms with Crippen molar-refractivity contribution < 1.29 is 14.3 Å². The maximum absolute atomic E-state index is 12.1. The largest absolute Gasteiger partial charge is 0.497 e. The molecule has 4 nitrogen and oxygen atoms in total. The van der Waals surface area contributed by atoms with Crippen LogP contribution in [0.25, 0.3) is 21.5 Å². The van der Waals surface area contributed by atoms with E-state index in [0.717, 1.165) is 21.5 Å². The van der Waals surface area contributed by atoms with E-state index in [4.69, 9.17) is 9.47 Å². The van der Waals surface area contributed by atoms with Gasteiger partial charge in [0, 0.05) is 5.39 Å². The van der Waals surface area contributed by atoms with Gasteiger partial charge in [-0.2, -0.15) is 0 Å². The van der Waals surface area contributed by atoms with Crippen LogP contribution in [0.15, 0.2) is 41.8 Å². The molecule has 0 saturated heterocycles. The minimum absolute atomic E-state index is 0.381. The van der Waals surface area contributed by atoms with Crippen molar-refractivity contribution in [1.29, 1.82) is 0 Å². The number of nitrogens with zero attached hydrogens (tertiary/aromatic N) is 1. The van der Waals surface area contributed by atoms with Gasteiger partial charge in [0.25, 0.3) is 0 Å². The zero-order valence-electron chi connectivity index (χ0n) is 11.6. The highest BCUT2D eigenvalue weighted by molar-refractivity contribution is 7.13. The summed E-state index contributed by atoms with van der Waals surface area (Å²) in [4.78, 5) is 17.7. The van der Waals surface area contributed by atoms with Crippen molar-refractivity contribution in [3.8, 4) is 16.3 Å². The van der Waals surface area contributed by atoms with Crippen molar-refractivity contribution in [3.63, 3.8) is 0 Å². The average molecular weight is 299 g/mol. The Morgan fingerprint density at radius 1 is 1.19 bits per heavy atom. The van der Waals surface area contributed by atoms with Crippen LogP contribution in [-0.4, -0.2) is 25.2 Å². The molecular weight excluding hydrogens is 286 g/mol. The van der Waals surface area contributed by atoms with Crippen LogP contribution in [0.2, 0.25) is 0 Å². The van der Waals surface area contributed by atoms with Gasteiger partial charge >= 0.3 is 5.97 Å². The summed E-state index contributed by atoms with van der Waals surface area (Å²) in [6, 6.07) is 11.2. The summed E-state index contributed by atoms with van der Waals surface area (Å²) in [6.07, 6.45) is 0. The molecular formula is C16H13NO3S. The van der Waals surface area contributed by atoms with Crippen molar-refractivity contribution in [3.05, 3.63) is 47.3 Å². The Bertz CT molecular complexity index is 797. The number of aromatic nitrogens is 1. The molecule has 0 aliphatic heterocycles. The van der Waals surface area contributed by atoms with Crippen molar-refractivity contribution in [2.24, 2.45) is 0 Å². The number of carbonyl (C=O) groups is 1. The molecule has 5 heteroatoms. The molecule has 0 amide bonds. The van der Waals surface area contributed by atoms with Crippen LogP contribution in [0.3, 0.4) is 0 Å². The van der Waals surface area contributed by atoms with Gasteiger partial charge < -0.3 is 9.47 Å². The third-order valence-corrected chi connectivity index (χ3v) is 4.09. The number of fused-ring (bicyclic) bond motifs is 1. The standard InChI is InChI=1S/C16H13NO3S/c1-19-10-5-6-13-11(8-10)12(16(18)20-2)9-14(17-13)15-4-3-7-21-15/h3-9H,1-2H3. The fourth-order valence-electron chi connectivity index (χ4n) is 2.16. The Labute approximate surface area is 126 Å². The normalized spacial score (nSPS) is 10.6. The Kier molecular flexibility index (Phi) is 3.58. The fraction of sp³-hybridized carbons (Fsp3) is 0.125. The minimum atomic E-state index is -0.381. The van der Waals surface area contributed by atoms with E-state index < -0.39 is 0 Å². The highest BCUT2D eigenvalue weighted by atomic mass is 32.1. The van der Waals surface area contributed by atoms with Crippen LogP contribution in [0, 0.1) is 0 Å². The van der Waals surface area contributed by atoms with Gasteiger partial charge in [-0.25, -0.2) is 9.78 Å². The zero-order valence-corrected chi connectivity index (χ0v) is 12.4. The van der Waals surface area contributed by atoms with Crippen LogP contribution in [0.5, 0.6) is 5.75 Å². The van der Waals surface area contributed by atoms with Gasteiger partial charge in [0.2, 0.25) is 0 Å². The maximum Gasteiger partial charge on any atom is 0.338 e. The molecule has 1 aromatic carbocycles. The van der Waals surface area contributed by atoms with Crippen LogP contribution >= 0.6 is 11.3 Å². The zero-order chi connectivity index (χ0) is 14.8. The number of benzene rings is 1. The summed E-state index contributed by atoms with van der Waals surface area (Å²) in [5.74, 6) is 0.298. The minimum Gasteiger partial charge on any atom is -0.497 e. The molecule has 0 N–H and O–H groups in total. The number of pyridine rings is 1. The molecule has 0 aliphatic rings. The molecule has 2 aromatic heterocycles. The number of methoxy groups -OCH3 is 2. The molecule has 0 atom stereocenters. The highest BCUT2D eigenvalue weighted by Crippen LogP contribution is 2.30. The Morgan fingerprint density at radius 3 is 2.71 bits per heavy atom. The van der Waals surface area contributed by atoms with E-state index in [1.165, 1.54) is 7.11 Å². The van der Waals surface area contributed by atoms with E-state index in [-0.39, 0.29) is 5.97 Å². The van der Waals surface area contributed by atoms with Crippen molar-refractivity contribution in [2.75, 3.05) is 14.2 Å². The van der Waals surface area contributed by atoms with Gasteiger partial charge in [0.05, 0.1) is 35.9 Å². The number of carbonyl (C=O) groups excluding carboxylic acids is 1. The first-order chi connectivity index (χ1) is 10.2. The molecule has 0 bridgehead atoms. The number of thiophene rings is 1. The molecule has 0 saturated carbocycles. The Balaban J connectivity index is 2.28. The average Bonchev–Trinajstić information content (AvgIpc) is 3.07. The first-order valence-electron chi connectivity index (χ1n) is 6.34. The lowest BCUT2D eigenvalue weighted by Gasteiger charge is -2.09. The molecule has 0 spiro atoms. The van der Waals surface area contributed by atoms with E-state index in [2.05, 4.69) is 4.98 Å². The van der Waals surface area contributed by atoms with Crippen LogP contribution in [0.1, 0.15) is 10.4 Å². The Morgan fingerprint density at radius 2 is 2.05 bits per heavy atom. The SMILES string of the molecule is COC(=O)c1cc(-c2cccs2)nc2ccc(OC)cc12. The molecule has 3 rings (SSSR count). The summed E-state index contributed by atoms with van der Waals surface area (Å²) in [5.41, 5.74) is 2.00. The fourth-order valence-corrected chi connectivity index (χ4v) is 2.85. The van der Waals surface area contributed by atoms with Crippen molar-refractivity contribution in [1.82, 2.24) is 4.98 Å². The van der Waals surface area contributed by atoms with Gasteiger partial charge in [0.1, 0.15) is 5.75 Å². The summed E-state index contributed by atoms with van der Waals surface area (Å²) in [6.45, 7) is 0. The topological polar surface area (TPSA) is 48.4 Å². The first-order valence-corrected chi connectivity index (χ1v) is 7.22. The van der Waals surface area contributed by atoms with E-state index >= 15 is 0 Å². The predicted octanol–water partition coefficient (Wildman–Crippen LogP) is 3.76. The van der Waals surface area contributed by atoms with E-state index in [0.29, 0.717) is 11.3 Å². The number of hydrogen-bond donors (Lipinski definition) is 0. The molecule has 0 fully saturated rings. The molecule has 3 aromatic rings. The number of ether oxygens (including phenoxy) is 2. The van der Waals surface area contributed by atoms with E-state index in [1.807, 2.05) is 29.6 Å². The first kappa shape index (κ1) is 13.6. The summed E-state index contributed by atoms with van der Waals surface area (Å²) in [7, 11) is 2.96. The predicted molar refractivity (Wildman–Crippen MR) is 82.9 cm³/mol. The quantitative estimate of drug-likeness (QED) is 0.691. The third kappa shape index (κ3) is 2.48. The lowest BCUT2D eigenvalue weighted by Crippen LogP contribution is -2.04. The van der Waals surface area contributed by atoms with E-state index in [9.17, 15) is 4.79 Å². The lowest BCUT2D eigenvalue weighted by atomic mass is 10.1. The number of rotatable bonds is 3. The van der Waals surface area contributed by atoms with Gasteiger partial charge in [-0.3, -0.25) is 0 Å². The monoisotopic (exact) mass is 299 g/mol. The Hall–Kier alpha value is -2.40. The van der Waals surface area contributed by atoms with Crippen LogP contribution in [-0.2, 0) is 4.74 Å². The molecule has 2 heterocycles. The molecule has 21 heavy (non-hydrogen) atoms. The smallest absolute Gasteiger partial charge is 0.338 e. The molecule has 0 unspecified atom stereocenters. The second kappa shape index (κ2) is 5.54. The number of esters is 1. The maximum atomic E-state index is 12.1. The van der Waals surface area contributed by atoms with Crippen LogP contribution in [0.4, 0.5) is 0 Å². The highest BCUT2D eigenvalue weighted by Gasteiger charge is 2.15. The van der Waals surface area contributed by atoms with Crippen LogP contribution < -0.4 is 4.74 Å². The molecule has 0 radical (unpaired) electrons. The molecule has 0 aliphatic carbocycles. The van der Waals surface area contributed by atoms with Crippen molar-refractivity contribution in [2.45, 2.75) is 0 Å². The second-order valence-electron chi connectivity index (χ2n) is 4.41. The summed E-state index contributed by atoms with van der Waals surface area (Å²) >= 11 is 1.58. The van der Waals surface area contributed by atoms with Crippen molar-refractivity contribution >= 4 is 28.2 Å². The second-order valence-corrected chi connectivity index (χ2v) is 5.35. The third-order valence-electron chi connectivity index (χ3n) is 3.19. The van der Waals surface area contributed by atoms with Gasteiger partial charge in [-0.15, -0.1) is 11.3 Å².